The molecule has 0 aliphatic heterocycles. The van der Waals surface area contributed by atoms with E-state index < -0.39 is 0 Å². The molecule has 0 spiro atoms. The molecule has 5 radical (unpaired) electrons. The van der Waals surface area contributed by atoms with E-state index in [0.717, 1.165) is 5.92 Å². The van der Waals surface area contributed by atoms with Crippen LogP contribution in [0.3, 0.4) is 0 Å². The van der Waals surface area contributed by atoms with E-state index in [1.807, 2.05) is 0 Å². The van der Waals surface area contributed by atoms with Gasteiger partial charge >= 0.3 is 0 Å². The Morgan fingerprint density at radius 3 is 2.43 bits per heavy atom. The van der Waals surface area contributed by atoms with Crippen LogP contribution in [-0.4, -0.2) is 0 Å². The van der Waals surface area contributed by atoms with E-state index in [1.165, 1.54) is 44.4 Å². The standard InChI is InChI=1S/C14H23/c1-3-13(2)9-5-4-6-10-14-11-7-8-12-14/h7-8,11-13H,3-6,9-10H2,1-2H3. The molecule has 0 N–H and O–H groups in total. The maximum Gasteiger partial charge on any atom is -0.0167 e. The highest BCUT2D eigenvalue weighted by molar-refractivity contribution is 5.34. The lowest BCUT2D eigenvalue weighted by molar-refractivity contribution is 0.477. The van der Waals surface area contributed by atoms with Crippen LogP contribution in [0, 0.1) is 37.5 Å². The summed E-state index contributed by atoms with van der Waals surface area (Å²) in [7, 11) is 0. The lowest BCUT2D eigenvalue weighted by Crippen LogP contribution is -1.94. The van der Waals surface area contributed by atoms with Crippen molar-refractivity contribution in [2.45, 2.75) is 52.4 Å². The van der Waals surface area contributed by atoms with Gasteiger partial charge in [-0.05, 0) is 43.9 Å². The number of hydrogen-bond donors (Lipinski definition) is 0. The Hall–Kier alpha value is 0. The van der Waals surface area contributed by atoms with Crippen LogP contribution >= 0.6 is 0 Å². The predicted molar refractivity (Wildman–Crippen MR) is 63.0 cm³/mol. The molecule has 0 aromatic carbocycles. The van der Waals surface area contributed by atoms with Gasteiger partial charge < -0.3 is 0 Å². The second-order valence-corrected chi connectivity index (χ2v) is 4.41. The molecule has 1 aliphatic carbocycles. The maximum atomic E-state index is 2.36. The molecular formula is C14H23. The van der Waals surface area contributed by atoms with Crippen LogP contribution in [0.25, 0.3) is 0 Å². The largest absolute Gasteiger partial charge is 0.0651 e. The molecule has 0 amide bonds. The molecule has 79 valence electrons. The van der Waals surface area contributed by atoms with Crippen molar-refractivity contribution in [3.05, 3.63) is 31.6 Å². The first-order valence-corrected chi connectivity index (χ1v) is 6.03. The van der Waals surface area contributed by atoms with Crippen LogP contribution in [0.5, 0.6) is 0 Å². The third-order valence-electron chi connectivity index (χ3n) is 3.09. The molecule has 0 aromatic rings. The van der Waals surface area contributed by atoms with E-state index in [1.54, 1.807) is 0 Å². The van der Waals surface area contributed by atoms with E-state index in [0.29, 0.717) is 0 Å². The minimum absolute atomic E-state index is 0.925. The van der Waals surface area contributed by atoms with Gasteiger partial charge in [-0.1, -0.05) is 46.0 Å². The first-order chi connectivity index (χ1) is 6.83. The zero-order valence-electron chi connectivity index (χ0n) is 9.63. The zero-order chi connectivity index (χ0) is 10.2. The molecular weight excluding hydrogens is 168 g/mol. The second-order valence-electron chi connectivity index (χ2n) is 4.41. The van der Waals surface area contributed by atoms with Crippen LogP contribution in [0.2, 0.25) is 0 Å². The molecule has 0 bridgehead atoms. The van der Waals surface area contributed by atoms with Crippen molar-refractivity contribution in [2.24, 2.45) is 5.92 Å². The Morgan fingerprint density at radius 1 is 1.07 bits per heavy atom. The molecule has 1 rings (SSSR count). The van der Waals surface area contributed by atoms with Gasteiger partial charge in [0.1, 0.15) is 0 Å². The summed E-state index contributed by atoms with van der Waals surface area (Å²) in [6, 6.07) is 0. The van der Waals surface area contributed by atoms with Crippen LogP contribution in [0.15, 0.2) is 0 Å². The highest BCUT2D eigenvalue weighted by Crippen LogP contribution is 2.28. The molecule has 1 fully saturated rings. The fraction of sp³-hybridized carbons (Fsp3) is 0.643. The van der Waals surface area contributed by atoms with Crippen LogP contribution in [0.4, 0.5) is 0 Å². The Balaban J connectivity index is 1.84. The van der Waals surface area contributed by atoms with E-state index in [9.17, 15) is 0 Å². The fourth-order valence-corrected chi connectivity index (χ4v) is 1.78. The quantitative estimate of drug-likeness (QED) is 0.524. The summed E-state index contributed by atoms with van der Waals surface area (Å²) in [5.41, 5.74) is 0. The summed E-state index contributed by atoms with van der Waals surface area (Å²) in [6.45, 7) is 4.64. The average Bonchev–Trinajstić information content (AvgIpc) is 2.69. The van der Waals surface area contributed by atoms with Gasteiger partial charge in [-0.3, -0.25) is 0 Å². The van der Waals surface area contributed by atoms with Crippen molar-refractivity contribution < 1.29 is 0 Å². The van der Waals surface area contributed by atoms with E-state index in [4.69, 9.17) is 0 Å². The molecule has 1 unspecified atom stereocenters. The van der Waals surface area contributed by atoms with E-state index in [2.05, 4.69) is 39.5 Å². The smallest absolute Gasteiger partial charge is 0.0167 e. The van der Waals surface area contributed by atoms with Crippen LogP contribution < -0.4 is 0 Å². The third kappa shape index (κ3) is 5.02. The first kappa shape index (κ1) is 12.1. The van der Waals surface area contributed by atoms with Crippen molar-refractivity contribution in [3.63, 3.8) is 0 Å². The zero-order valence-corrected chi connectivity index (χ0v) is 9.63. The van der Waals surface area contributed by atoms with Crippen molar-refractivity contribution >= 4 is 0 Å². The summed E-state index contributed by atoms with van der Waals surface area (Å²) >= 11 is 0. The van der Waals surface area contributed by atoms with Gasteiger partial charge in [0.05, 0.1) is 0 Å². The Bertz CT molecular complexity index is 122. The van der Waals surface area contributed by atoms with Crippen molar-refractivity contribution in [1.29, 1.82) is 0 Å². The minimum atomic E-state index is 0.925. The van der Waals surface area contributed by atoms with Crippen molar-refractivity contribution in [3.8, 4) is 0 Å². The molecule has 0 nitrogen and oxygen atoms in total. The molecule has 14 heavy (non-hydrogen) atoms. The third-order valence-corrected chi connectivity index (χ3v) is 3.09. The highest BCUT2D eigenvalue weighted by atomic mass is 14.2. The van der Waals surface area contributed by atoms with Gasteiger partial charge in [0.2, 0.25) is 0 Å². The molecule has 0 saturated heterocycles. The van der Waals surface area contributed by atoms with Crippen molar-refractivity contribution in [1.82, 2.24) is 0 Å². The second kappa shape index (κ2) is 7.31. The fourth-order valence-electron chi connectivity index (χ4n) is 1.78. The maximum absolute atomic E-state index is 2.36. The predicted octanol–water partition coefficient (Wildman–Crippen LogP) is 4.39. The summed E-state index contributed by atoms with van der Waals surface area (Å²) < 4.78 is 0. The van der Waals surface area contributed by atoms with Gasteiger partial charge in [0.25, 0.3) is 0 Å². The van der Waals surface area contributed by atoms with Gasteiger partial charge in [0.15, 0.2) is 0 Å². The van der Waals surface area contributed by atoms with Crippen molar-refractivity contribution in [2.75, 3.05) is 0 Å². The van der Waals surface area contributed by atoms with E-state index in [-0.39, 0.29) is 0 Å². The van der Waals surface area contributed by atoms with Gasteiger partial charge in [0, 0.05) is 0 Å². The number of rotatable bonds is 7. The first-order valence-electron chi connectivity index (χ1n) is 6.03. The van der Waals surface area contributed by atoms with Gasteiger partial charge in [-0.15, -0.1) is 0 Å². The lowest BCUT2D eigenvalue weighted by Gasteiger charge is -2.09. The molecule has 1 saturated carbocycles. The monoisotopic (exact) mass is 191 g/mol. The molecule has 0 heterocycles. The lowest BCUT2D eigenvalue weighted by atomic mass is 9.97. The molecule has 0 aromatic heterocycles. The summed E-state index contributed by atoms with van der Waals surface area (Å²) in [5, 5.41) is 0. The summed E-state index contributed by atoms with van der Waals surface area (Å²) in [6.07, 6.45) is 16.9. The molecule has 1 atom stereocenters. The van der Waals surface area contributed by atoms with E-state index >= 15 is 0 Å². The summed E-state index contributed by atoms with van der Waals surface area (Å²) in [5.74, 6) is 2.43. The number of hydrogen-bond acceptors (Lipinski definition) is 0. The minimum Gasteiger partial charge on any atom is -0.0651 e. The van der Waals surface area contributed by atoms with Gasteiger partial charge in [-0.2, -0.15) is 0 Å². The summed E-state index contributed by atoms with van der Waals surface area (Å²) in [4.78, 5) is 0. The Morgan fingerprint density at radius 2 is 1.79 bits per heavy atom. The van der Waals surface area contributed by atoms with Crippen LogP contribution in [0.1, 0.15) is 52.4 Å². The Kier molecular flexibility index (Phi) is 6.31. The Labute approximate surface area is 90.5 Å². The normalized spacial score (nSPS) is 20.1. The highest BCUT2D eigenvalue weighted by Gasteiger charge is 2.15. The van der Waals surface area contributed by atoms with Gasteiger partial charge in [-0.25, -0.2) is 0 Å². The van der Waals surface area contributed by atoms with Crippen LogP contribution in [-0.2, 0) is 0 Å². The number of unbranched alkanes of at least 4 members (excludes halogenated alkanes) is 2. The average molecular weight is 191 g/mol. The molecule has 1 aliphatic rings. The molecule has 0 heteroatoms. The topological polar surface area (TPSA) is 0 Å². The SMILES string of the molecule is CCC(C)CCCCC[C]1[CH][CH][CH][CH]1.